The fraction of sp³-hybridized carbons (Fsp3) is 0.750. The van der Waals surface area contributed by atoms with Gasteiger partial charge in [-0.1, -0.05) is 19.3 Å². The molecule has 1 saturated carbocycles. The predicted molar refractivity (Wildman–Crippen MR) is 62.6 cm³/mol. The number of hydrogen-bond donors (Lipinski definition) is 1. The van der Waals surface area contributed by atoms with E-state index in [-0.39, 0.29) is 0 Å². The van der Waals surface area contributed by atoms with Gasteiger partial charge in [0.05, 0.1) is 5.41 Å². The molecule has 0 amide bonds. The minimum atomic E-state index is -0.683. The molecule has 0 bridgehead atoms. The maximum Gasteiger partial charge on any atom is 0.310 e. The lowest BCUT2D eigenvalue weighted by atomic mass is 9.71. The van der Waals surface area contributed by atoms with E-state index < -0.39 is 11.4 Å². The highest BCUT2D eigenvalue weighted by Crippen LogP contribution is 2.39. The number of carboxylic acid groups (broad SMARTS) is 1. The van der Waals surface area contributed by atoms with Crippen LogP contribution in [0.4, 0.5) is 0 Å². The summed E-state index contributed by atoms with van der Waals surface area (Å²) in [5.74, 6) is 0.931. The van der Waals surface area contributed by atoms with E-state index in [1.807, 2.05) is 18.5 Å². The molecule has 2 rings (SSSR count). The van der Waals surface area contributed by atoms with Crippen LogP contribution in [0.3, 0.4) is 0 Å². The summed E-state index contributed by atoms with van der Waals surface area (Å²) < 4.78 is 1.89. The van der Waals surface area contributed by atoms with Crippen molar-refractivity contribution in [3.63, 3.8) is 0 Å². The Hall–Kier alpha value is -1.39. The van der Waals surface area contributed by atoms with E-state index in [2.05, 4.69) is 10.2 Å². The third-order valence-corrected chi connectivity index (χ3v) is 3.94. The molecule has 1 fully saturated rings. The summed E-state index contributed by atoms with van der Waals surface area (Å²) in [6, 6.07) is 0. The Balaban J connectivity index is 2.24. The maximum absolute atomic E-state index is 11.5. The van der Waals surface area contributed by atoms with Crippen molar-refractivity contribution in [3.8, 4) is 0 Å². The Bertz CT molecular complexity index is 419. The number of aromatic nitrogens is 3. The van der Waals surface area contributed by atoms with Crippen molar-refractivity contribution in [2.75, 3.05) is 0 Å². The van der Waals surface area contributed by atoms with E-state index in [0.717, 1.165) is 43.8 Å². The van der Waals surface area contributed by atoms with Gasteiger partial charge in [0, 0.05) is 13.5 Å². The molecule has 94 valence electrons. The van der Waals surface area contributed by atoms with Crippen molar-refractivity contribution in [1.82, 2.24) is 14.8 Å². The Morgan fingerprint density at radius 2 is 2.00 bits per heavy atom. The number of rotatable bonds is 3. The lowest BCUT2D eigenvalue weighted by Crippen LogP contribution is -2.36. The van der Waals surface area contributed by atoms with Crippen molar-refractivity contribution >= 4 is 5.97 Å². The molecular formula is C12H19N3O2. The molecule has 1 aliphatic carbocycles. The van der Waals surface area contributed by atoms with Gasteiger partial charge in [-0.2, -0.15) is 0 Å². The van der Waals surface area contributed by atoms with Crippen molar-refractivity contribution < 1.29 is 9.90 Å². The second kappa shape index (κ2) is 4.47. The highest BCUT2D eigenvalue weighted by atomic mass is 16.4. The zero-order chi connectivity index (χ0) is 12.5. The number of nitrogens with zero attached hydrogens (tertiary/aromatic N) is 3. The summed E-state index contributed by atoms with van der Waals surface area (Å²) >= 11 is 0. The Morgan fingerprint density at radius 3 is 2.47 bits per heavy atom. The van der Waals surface area contributed by atoms with Crippen LogP contribution in [0.25, 0.3) is 0 Å². The summed E-state index contributed by atoms with van der Waals surface area (Å²) in [4.78, 5) is 11.5. The average Bonchev–Trinajstić information content (AvgIpc) is 2.62. The Morgan fingerprint density at radius 1 is 1.35 bits per heavy atom. The van der Waals surface area contributed by atoms with Crippen molar-refractivity contribution in [3.05, 3.63) is 11.6 Å². The van der Waals surface area contributed by atoms with E-state index in [0.29, 0.717) is 6.42 Å². The zero-order valence-corrected chi connectivity index (χ0v) is 10.4. The second-order valence-electron chi connectivity index (χ2n) is 5.05. The average molecular weight is 237 g/mol. The molecule has 1 heterocycles. The normalized spacial score (nSPS) is 19.2. The number of carbonyl (C=O) groups is 1. The van der Waals surface area contributed by atoms with Crippen molar-refractivity contribution in [2.24, 2.45) is 12.5 Å². The zero-order valence-electron chi connectivity index (χ0n) is 10.4. The van der Waals surface area contributed by atoms with Crippen LogP contribution in [-0.2, 0) is 18.3 Å². The van der Waals surface area contributed by atoms with E-state index >= 15 is 0 Å². The molecule has 0 spiro atoms. The van der Waals surface area contributed by atoms with Crippen LogP contribution in [0.15, 0.2) is 0 Å². The van der Waals surface area contributed by atoms with Crippen LogP contribution in [0.2, 0.25) is 0 Å². The second-order valence-corrected chi connectivity index (χ2v) is 5.05. The predicted octanol–water partition coefficient (Wildman–Crippen LogP) is 1.70. The van der Waals surface area contributed by atoms with Gasteiger partial charge in [0.25, 0.3) is 0 Å². The van der Waals surface area contributed by atoms with Crippen LogP contribution < -0.4 is 0 Å². The first-order chi connectivity index (χ1) is 8.05. The molecule has 0 aliphatic heterocycles. The van der Waals surface area contributed by atoms with Gasteiger partial charge in [-0.15, -0.1) is 10.2 Å². The van der Waals surface area contributed by atoms with Gasteiger partial charge in [0.15, 0.2) is 0 Å². The summed E-state index contributed by atoms with van der Waals surface area (Å²) in [7, 11) is 1.89. The van der Waals surface area contributed by atoms with Crippen LogP contribution in [-0.4, -0.2) is 25.8 Å². The van der Waals surface area contributed by atoms with Gasteiger partial charge in [-0.05, 0) is 19.8 Å². The third-order valence-electron chi connectivity index (χ3n) is 3.94. The van der Waals surface area contributed by atoms with Gasteiger partial charge < -0.3 is 9.67 Å². The summed E-state index contributed by atoms with van der Waals surface area (Å²) in [6.45, 7) is 1.88. The molecule has 0 unspecified atom stereocenters. The maximum atomic E-state index is 11.5. The molecule has 17 heavy (non-hydrogen) atoms. The first kappa shape index (κ1) is 12.1. The minimum absolute atomic E-state index is 0.500. The summed E-state index contributed by atoms with van der Waals surface area (Å²) in [6.07, 6.45) is 5.17. The molecule has 0 saturated heterocycles. The lowest BCUT2D eigenvalue weighted by molar-refractivity contribution is -0.151. The van der Waals surface area contributed by atoms with Gasteiger partial charge in [0.2, 0.25) is 0 Å². The minimum Gasteiger partial charge on any atom is -0.481 e. The van der Waals surface area contributed by atoms with Crippen molar-refractivity contribution in [2.45, 2.75) is 45.4 Å². The summed E-state index contributed by atoms with van der Waals surface area (Å²) in [5, 5.41) is 17.6. The summed E-state index contributed by atoms with van der Waals surface area (Å²) in [5.41, 5.74) is -0.620. The molecule has 1 aromatic heterocycles. The quantitative estimate of drug-likeness (QED) is 0.868. The Kier molecular flexibility index (Phi) is 3.17. The van der Waals surface area contributed by atoms with Crippen LogP contribution >= 0.6 is 0 Å². The van der Waals surface area contributed by atoms with E-state index in [9.17, 15) is 9.90 Å². The number of hydrogen-bond acceptors (Lipinski definition) is 3. The molecule has 5 heteroatoms. The molecule has 1 N–H and O–H groups in total. The first-order valence-electron chi connectivity index (χ1n) is 6.13. The topological polar surface area (TPSA) is 68.0 Å². The molecule has 0 aromatic carbocycles. The smallest absolute Gasteiger partial charge is 0.310 e. The van der Waals surface area contributed by atoms with Crippen molar-refractivity contribution in [1.29, 1.82) is 0 Å². The molecule has 1 aromatic rings. The highest BCUT2D eigenvalue weighted by molar-refractivity contribution is 5.75. The van der Waals surface area contributed by atoms with Gasteiger partial charge in [0.1, 0.15) is 11.6 Å². The van der Waals surface area contributed by atoms with Crippen LogP contribution in [0, 0.1) is 12.3 Å². The van der Waals surface area contributed by atoms with Crippen LogP contribution in [0.5, 0.6) is 0 Å². The molecule has 1 aliphatic rings. The largest absolute Gasteiger partial charge is 0.481 e. The SMILES string of the molecule is Cc1nnc(CC2(C(=O)O)CCCCC2)n1C. The van der Waals surface area contributed by atoms with Crippen LogP contribution in [0.1, 0.15) is 43.8 Å². The molecule has 0 atom stereocenters. The van der Waals surface area contributed by atoms with Gasteiger partial charge in [-0.25, -0.2) is 0 Å². The molecule has 5 nitrogen and oxygen atoms in total. The lowest BCUT2D eigenvalue weighted by Gasteiger charge is -2.32. The standard InChI is InChI=1S/C12H19N3O2/c1-9-13-14-10(15(9)2)8-12(11(16)17)6-4-3-5-7-12/h3-8H2,1-2H3,(H,16,17). The fourth-order valence-corrected chi connectivity index (χ4v) is 2.60. The van der Waals surface area contributed by atoms with E-state index in [1.165, 1.54) is 0 Å². The third kappa shape index (κ3) is 2.18. The molecular weight excluding hydrogens is 218 g/mol. The van der Waals surface area contributed by atoms with E-state index in [1.54, 1.807) is 0 Å². The molecule has 0 radical (unpaired) electrons. The fourth-order valence-electron chi connectivity index (χ4n) is 2.60. The van der Waals surface area contributed by atoms with Gasteiger partial charge in [-0.3, -0.25) is 4.79 Å². The Labute approximate surface area is 101 Å². The number of carboxylic acids is 1. The highest BCUT2D eigenvalue weighted by Gasteiger charge is 2.40. The van der Waals surface area contributed by atoms with E-state index in [4.69, 9.17) is 0 Å². The first-order valence-corrected chi connectivity index (χ1v) is 6.13. The number of aliphatic carboxylic acids is 1. The monoisotopic (exact) mass is 237 g/mol. The van der Waals surface area contributed by atoms with Gasteiger partial charge >= 0.3 is 5.97 Å². The number of aryl methyl sites for hydroxylation is 1.